The molecule has 0 bridgehead atoms. The SMILES string of the molecule is N.N.NC(=O)CC[C@H](N)C(=O)O.O=S(=O)(O)O. The maximum Gasteiger partial charge on any atom is 0.394 e. The minimum absolute atomic E-state index is 0. The first kappa shape index (κ1) is 24.8. The van der Waals surface area contributed by atoms with E-state index in [0.717, 1.165) is 0 Å². The van der Waals surface area contributed by atoms with Crippen LogP contribution in [0.5, 0.6) is 0 Å². The summed E-state index contributed by atoms with van der Waals surface area (Å²) in [6, 6.07) is -0.979. The summed E-state index contributed by atoms with van der Waals surface area (Å²) in [4.78, 5) is 20.1. The maximum absolute atomic E-state index is 10.1. The topological polar surface area (TPSA) is 251 Å². The van der Waals surface area contributed by atoms with Gasteiger partial charge in [-0.2, -0.15) is 8.42 Å². The molecule has 12 heteroatoms. The normalized spacial score (nSPS) is 10.8. The minimum Gasteiger partial charge on any atom is -0.480 e. The largest absolute Gasteiger partial charge is 0.480 e. The van der Waals surface area contributed by atoms with Gasteiger partial charge in [-0.3, -0.25) is 18.7 Å². The molecule has 106 valence electrons. The Hall–Kier alpha value is -1.31. The van der Waals surface area contributed by atoms with Crippen LogP contribution in [0.15, 0.2) is 0 Å². The Morgan fingerprint density at radius 1 is 1.18 bits per heavy atom. The van der Waals surface area contributed by atoms with Crippen molar-refractivity contribution in [2.45, 2.75) is 18.9 Å². The number of carbonyl (C=O) groups is 2. The van der Waals surface area contributed by atoms with E-state index in [9.17, 15) is 9.59 Å². The van der Waals surface area contributed by atoms with Crippen LogP contribution < -0.4 is 23.8 Å². The van der Waals surface area contributed by atoms with Gasteiger partial charge in [-0.15, -0.1) is 0 Å². The molecule has 0 saturated carbocycles. The van der Waals surface area contributed by atoms with Crippen LogP contribution >= 0.6 is 0 Å². The van der Waals surface area contributed by atoms with Crippen molar-refractivity contribution in [3.8, 4) is 0 Å². The van der Waals surface area contributed by atoms with Gasteiger partial charge >= 0.3 is 16.4 Å². The highest BCUT2D eigenvalue weighted by molar-refractivity contribution is 7.79. The lowest BCUT2D eigenvalue weighted by Gasteiger charge is -2.01. The summed E-state index contributed by atoms with van der Waals surface area (Å²) in [5.74, 6) is -1.64. The number of amides is 1. The van der Waals surface area contributed by atoms with Crippen molar-refractivity contribution in [3.63, 3.8) is 0 Å². The third-order valence-corrected chi connectivity index (χ3v) is 1.02. The molecule has 0 aromatic rings. The Balaban J connectivity index is -0.000000105. The first-order chi connectivity index (χ1) is 6.54. The van der Waals surface area contributed by atoms with E-state index >= 15 is 0 Å². The van der Waals surface area contributed by atoms with E-state index < -0.39 is 28.3 Å². The molecule has 0 unspecified atom stereocenters. The number of nitrogens with two attached hydrogens (primary N) is 2. The Kier molecular flexibility index (Phi) is 16.3. The van der Waals surface area contributed by atoms with Gasteiger partial charge in [0.05, 0.1) is 0 Å². The van der Waals surface area contributed by atoms with Crippen LogP contribution in [0.1, 0.15) is 12.8 Å². The Bertz CT molecular complexity index is 308. The molecule has 0 saturated heterocycles. The lowest BCUT2D eigenvalue weighted by atomic mass is 10.2. The zero-order chi connectivity index (χ0) is 12.6. The van der Waals surface area contributed by atoms with Gasteiger partial charge in [0.2, 0.25) is 5.91 Å². The number of hydrogen-bond acceptors (Lipinski definition) is 7. The van der Waals surface area contributed by atoms with E-state index in [1.165, 1.54) is 0 Å². The van der Waals surface area contributed by atoms with E-state index in [4.69, 9.17) is 34.1 Å². The third-order valence-electron chi connectivity index (χ3n) is 1.02. The van der Waals surface area contributed by atoms with Gasteiger partial charge < -0.3 is 28.9 Å². The average molecular weight is 278 g/mol. The summed E-state index contributed by atoms with van der Waals surface area (Å²) < 4.78 is 31.6. The van der Waals surface area contributed by atoms with Crippen LogP contribution in [0.3, 0.4) is 0 Å². The molecule has 17 heavy (non-hydrogen) atoms. The predicted octanol–water partition coefficient (Wildman–Crippen LogP) is -1.66. The van der Waals surface area contributed by atoms with E-state index in [1.807, 2.05) is 0 Å². The second kappa shape index (κ2) is 11.2. The molecule has 0 spiro atoms. The van der Waals surface area contributed by atoms with Crippen molar-refractivity contribution in [2.75, 3.05) is 0 Å². The lowest BCUT2D eigenvalue weighted by Crippen LogP contribution is -2.31. The smallest absolute Gasteiger partial charge is 0.394 e. The standard InChI is InChI=1S/C5H10N2O3.2H3N.H2O4S/c6-3(5(9)10)1-2-4(7)8;;;1-5(2,3)4/h3H,1-2,6H2,(H2,7,8)(H,9,10);2*1H3;(H2,1,2,3,4)/t3-;;;/m0.../s1. The van der Waals surface area contributed by atoms with Gasteiger partial charge in [0, 0.05) is 6.42 Å². The van der Waals surface area contributed by atoms with Crippen molar-refractivity contribution < 1.29 is 32.2 Å². The van der Waals surface area contributed by atoms with Crippen molar-refractivity contribution in [2.24, 2.45) is 11.5 Å². The molecule has 0 aromatic heterocycles. The number of primary amides is 1. The van der Waals surface area contributed by atoms with Gasteiger partial charge in [-0.05, 0) is 6.42 Å². The predicted molar refractivity (Wildman–Crippen MR) is 58.3 cm³/mol. The first-order valence-electron chi connectivity index (χ1n) is 3.50. The molecule has 0 fully saturated rings. The molecule has 0 rings (SSSR count). The van der Waals surface area contributed by atoms with Gasteiger partial charge in [0.15, 0.2) is 0 Å². The zero-order valence-corrected chi connectivity index (χ0v) is 9.76. The number of carbonyl (C=O) groups excluding carboxylic acids is 1. The highest BCUT2D eigenvalue weighted by Gasteiger charge is 2.11. The number of aliphatic carboxylic acids is 1. The maximum atomic E-state index is 10.1. The summed E-state index contributed by atoms with van der Waals surface area (Å²) in [7, 11) is -4.67. The molecule has 11 nitrogen and oxygen atoms in total. The monoisotopic (exact) mass is 278 g/mol. The van der Waals surface area contributed by atoms with Crippen LogP contribution in [-0.2, 0) is 20.0 Å². The summed E-state index contributed by atoms with van der Waals surface area (Å²) >= 11 is 0. The first-order valence-corrected chi connectivity index (χ1v) is 4.90. The highest BCUT2D eigenvalue weighted by Crippen LogP contribution is 1.92. The number of rotatable bonds is 4. The van der Waals surface area contributed by atoms with Crippen LogP contribution in [0, 0.1) is 0 Å². The molecule has 0 radical (unpaired) electrons. The number of carboxylic acids is 1. The molecule has 1 amide bonds. The van der Waals surface area contributed by atoms with E-state index in [1.54, 1.807) is 0 Å². The lowest BCUT2D eigenvalue weighted by molar-refractivity contribution is -0.138. The fourth-order valence-corrected chi connectivity index (χ4v) is 0.421. The number of carboxylic acid groups (broad SMARTS) is 1. The quantitative estimate of drug-likeness (QED) is 0.288. The van der Waals surface area contributed by atoms with Crippen molar-refractivity contribution >= 4 is 22.3 Å². The van der Waals surface area contributed by atoms with Crippen LogP contribution in [-0.4, -0.2) is 40.5 Å². The molecule has 0 aliphatic rings. The van der Waals surface area contributed by atoms with Crippen molar-refractivity contribution in [3.05, 3.63) is 0 Å². The second-order valence-corrected chi connectivity index (χ2v) is 3.29. The molecule has 0 aliphatic heterocycles. The number of hydrogen-bond donors (Lipinski definition) is 7. The summed E-state index contributed by atoms with van der Waals surface area (Å²) in [5, 5.41) is 8.22. The molecule has 0 aromatic carbocycles. The molecular formula is C5H18N4O7S. The third kappa shape index (κ3) is 40.0. The van der Waals surface area contributed by atoms with Crippen LogP contribution in [0.4, 0.5) is 0 Å². The Morgan fingerprint density at radius 3 is 1.65 bits per heavy atom. The fourth-order valence-electron chi connectivity index (χ4n) is 0.421. The Morgan fingerprint density at radius 2 is 1.47 bits per heavy atom. The van der Waals surface area contributed by atoms with Crippen molar-refractivity contribution in [1.29, 1.82) is 0 Å². The molecular weight excluding hydrogens is 260 g/mol. The average Bonchev–Trinajstić information content (AvgIpc) is 1.96. The summed E-state index contributed by atoms with van der Waals surface area (Å²) in [6.07, 6.45) is 0.123. The fraction of sp³-hybridized carbons (Fsp3) is 0.600. The van der Waals surface area contributed by atoms with Gasteiger partial charge in [-0.25, -0.2) is 0 Å². The van der Waals surface area contributed by atoms with Gasteiger partial charge in [0.25, 0.3) is 0 Å². The molecule has 0 heterocycles. The molecule has 0 aliphatic carbocycles. The van der Waals surface area contributed by atoms with Gasteiger partial charge in [-0.1, -0.05) is 0 Å². The van der Waals surface area contributed by atoms with Gasteiger partial charge in [0.1, 0.15) is 6.04 Å². The minimum atomic E-state index is -4.67. The van der Waals surface area contributed by atoms with E-state index in [0.29, 0.717) is 0 Å². The summed E-state index contributed by atoms with van der Waals surface area (Å²) in [6.45, 7) is 0. The molecule has 1 atom stereocenters. The van der Waals surface area contributed by atoms with Crippen LogP contribution in [0.25, 0.3) is 0 Å². The summed E-state index contributed by atoms with van der Waals surface area (Å²) in [5.41, 5.74) is 9.81. The van der Waals surface area contributed by atoms with E-state index in [-0.39, 0.29) is 25.1 Å². The Labute approximate surface area is 97.9 Å². The van der Waals surface area contributed by atoms with Crippen LogP contribution in [0.2, 0.25) is 0 Å². The van der Waals surface area contributed by atoms with Crippen molar-refractivity contribution in [1.82, 2.24) is 12.3 Å². The van der Waals surface area contributed by atoms with E-state index in [2.05, 4.69) is 0 Å². The highest BCUT2D eigenvalue weighted by atomic mass is 32.3. The zero-order valence-electron chi connectivity index (χ0n) is 8.94. The second-order valence-electron chi connectivity index (χ2n) is 2.40. The molecule has 13 N–H and O–H groups in total.